The molecule has 94 valence electrons. The average molecular weight is 245 g/mol. The van der Waals surface area contributed by atoms with Crippen molar-refractivity contribution in [2.45, 2.75) is 18.8 Å². The van der Waals surface area contributed by atoms with Crippen LogP contribution in [0.15, 0.2) is 18.2 Å². The van der Waals surface area contributed by atoms with E-state index in [0.717, 1.165) is 16.9 Å². The Morgan fingerprint density at radius 2 is 2.28 bits per heavy atom. The van der Waals surface area contributed by atoms with Gasteiger partial charge < -0.3 is 9.30 Å². The number of carbonyl (C=O) groups is 1. The molecule has 0 spiro atoms. The third-order valence-electron chi connectivity index (χ3n) is 3.29. The third kappa shape index (κ3) is 1.81. The van der Waals surface area contributed by atoms with E-state index in [9.17, 15) is 4.79 Å². The van der Waals surface area contributed by atoms with Gasteiger partial charge in [-0.1, -0.05) is 0 Å². The fourth-order valence-corrected chi connectivity index (χ4v) is 2.17. The van der Waals surface area contributed by atoms with E-state index < -0.39 is 6.09 Å². The topological polar surface area (TPSA) is 56.1 Å². The van der Waals surface area contributed by atoms with Crippen LogP contribution >= 0.6 is 0 Å². The number of nitrogens with one attached hydrogen (secondary N) is 1. The van der Waals surface area contributed by atoms with E-state index in [1.807, 2.05) is 25.2 Å². The number of benzene rings is 1. The maximum atomic E-state index is 11.1. The zero-order valence-corrected chi connectivity index (χ0v) is 10.4. The predicted molar refractivity (Wildman–Crippen MR) is 68.7 cm³/mol. The standard InChI is InChI=1S/C13H15N3O2/c1-16-11-6-5-9(14-13(17)18-2)7-10(11)15-12(16)8-3-4-8/h5-8H,3-4H2,1-2H3,(H,14,17). The van der Waals surface area contributed by atoms with Crippen LogP contribution in [0.3, 0.4) is 0 Å². The van der Waals surface area contributed by atoms with E-state index in [0.29, 0.717) is 11.6 Å². The molecule has 1 aliphatic carbocycles. The Morgan fingerprint density at radius 1 is 1.50 bits per heavy atom. The molecule has 5 nitrogen and oxygen atoms in total. The van der Waals surface area contributed by atoms with Crippen molar-refractivity contribution in [1.82, 2.24) is 9.55 Å². The zero-order chi connectivity index (χ0) is 12.7. The molecule has 1 aliphatic rings. The first-order valence-corrected chi connectivity index (χ1v) is 6.00. The zero-order valence-electron chi connectivity index (χ0n) is 10.4. The summed E-state index contributed by atoms with van der Waals surface area (Å²) in [5, 5.41) is 2.65. The van der Waals surface area contributed by atoms with Crippen LogP contribution in [0.2, 0.25) is 0 Å². The lowest BCUT2D eigenvalue weighted by molar-refractivity contribution is 0.187. The highest BCUT2D eigenvalue weighted by Crippen LogP contribution is 2.40. The Kier molecular flexibility index (Phi) is 2.47. The maximum Gasteiger partial charge on any atom is 0.411 e. The Hall–Kier alpha value is -2.04. The molecule has 1 saturated carbocycles. The van der Waals surface area contributed by atoms with Gasteiger partial charge in [0.1, 0.15) is 5.82 Å². The van der Waals surface area contributed by atoms with Crippen LogP contribution in [0.1, 0.15) is 24.6 Å². The van der Waals surface area contributed by atoms with Crippen molar-refractivity contribution in [2.75, 3.05) is 12.4 Å². The van der Waals surface area contributed by atoms with Gasteiger partial charge in [0.2, 0.25) is 0 Å². The van der Waals surface area contributed by atoms with Gasteiger partial charge in [-0.3, -0.25) is 5.32 Å². The van der Waals surface area contributed by atoms with Gasteiger partial charge in [-0.05, 0) is 31.0 Å². The number of aromatic nitrogens is 2. The molecule has 0 saturated heterocycles. The lowest BCUT2D eigenvalue weighted by atomic mass is 10.3. The summed E-state index contributed by atoms with van der Waals surface area (Å²) in [7, 11) is 3.39. The second-order valence-electron chi connectivity index (χ2n) is 4.62. The Balaban J connectivity index is 1.99. The Labute approximate surface area is 105 Å². The second-order valence-corrected chi connectivity index (χ2v) is 4.62. The molecule has 0 aliphatic heterocycles. The summed E-state index contributed by atoms with van der Waals surface area (Å²) in [6.07, 6.45) is 1.99. The molecular formula is C13H15N3O2. The molecule has 1 aromatic carbocycles. The normalized spacial score (nSPS) is 14.8. The molecule has 0 bridgehead atoms. The van der Waals surface area contributed by atoms with Gasteiger partial charge in [0.25, 0.3) is 0 Å². The molecule has 5 heteroatoms. The van der Waals surface area contributed by atoms with E-state index in [-0.39, 0.29) is 0 Å². The maximum absolute atomic E-state index is 11.1. The van der Waals surface area contributed by atoms with E-state index in [1.165, 1.54) is 20.0 Å². The summed E-state index contributed by atoms with van der Waals surface area (Å²) < 4.78 is 6.70. The minimum absolute atomic E-state index is 0.465. The number of hydrogen-bond donors (Lipinski definition) is 1. The summed E-state index contributed by atoms with van der Waals surface area (Å²) in [5.74, 6) is 1.75. The fraction of sp³-hybridized carbons (Fsp3) is 0.385. The first-order valence-electron chi connectivity index (χ1n) is 6.00. The number of imidazole rings is 1. The van der Waals surface area contributed by atoms with Gasteiger partial charge in [0.15, 0.2) is 0 Å². The van der Waals surface area contributed by atoms with Crippen LogP contribution in [-0.4, -0.2) is 22.8 Å². The van der Waals surface area contributed by atoms with Crippen molar-refractivity contribution in [3.8, 4) is 0 Å². The fourth-order valence-electron chi connectivity index (χ4n) is 2.17. The molecule has 18 heavy (non-hydrogen) atoms. The Bertz CT molecular complexity index is 614. The second kappa shape index (κ2) is 4.01. The van der Waals surface area contributed by atoms with Crippen LogP contribution < -0.4 is 5.32 Å². The number of methoxy groups -OCH3 is 1. The molecule has 0 atom stereocenters. The van der Waals surface area contributed by atoms with Gasteiger partial charge >= 0.3 is 6.09 Å². The molecule has 1 heterocycles. The van der Waals surface area contributed by atoms with Crippen molar-refractivity contribution in [1.29, 1.82) is 0 Å². The van der Waals surface area contributed by atoms with Crippen molar-refractivity contribution < 1.29 is 9.53 Å². The Morgan fingerprint density at radius 3 is 2.94 bits per heavy atom. The first kappa shape index (κ1) is 11.1. The number of amides is 1. The molecule has 0 unspecified atom stereocenters. The van der Waals surface area contributed by atoms with E-state index >= 15 is 0 Å². The minimum Gasteiger partial charge on any atom is -0.453 e. The monoisotopic (exact) mass is 245 g/mol. The highest BCUT2D eigenvalue weighted by Gasteiger charge is 2.28. The SMILES string of the molecule is COC(=O)Nc1ccc2c(c1)nc(C1CC1)n2C. The van der Waals surface area contributed by atoms with E-state index in [4.69, 9.17) is 0 Å². The molecular weight excluding hydrogens is 230 g/mol. The number of aryl methyl sites for hydroxylation is 1. The van der Waals surface area contributed by atoms with Crippen LogP contribution in [0.25, 0.3) is 11.0 Å². The highest BCUT2D eigenvalue weighted by atomic mass is 16.5. The summed E-state index contributed by atoms with van der Waals surface area (Å²) in [6.45, 7) is 0. The number of anilines is 1. The molecule has 1 aromatic heterocycles. The van der Waals surface area contributed by atoms with Crippen LogP contribution in [0.5, 0.6) is 0 Å². The highest BCUT2D eigenvalue weighted by molar-refractivity contribution is 5.88. The predicted octanol–water partition coefficient (Wildman–Crippen LogP) is 2.63. The van der Waals surface area contributed by atoms with Gasteiger partial charge in [-0.15, -0.1) is 0 Å². The first-order chi connectivity index (χ1) is 8.69. The molecule has 1 N–H and O–H groups in total. The molecule has 0 radical (unpaired) electrons. The number of carbonyl (C=O) groups excluding carboxylic acids is 1. The lowest BCUT2D eigenvalue weighted by Crippen LogP contribution is -2.10. The number of nitrogens with zero attached hydrogens (tertiary/aromatic N) is 2. The number of fused-ring (bicyclic) bond motifs is 1. The molecule has 3 rings (SSSR count). The van der Waals surface area contributed by atoms with E-state index in [2.05, 4.69) is 19.6 Å². The largest absolute Gasteiger partial charge is 0.453 e. The van der Waals surface area contributed by atoms with Crippen LogP contribution in [0, 0.1) is 0 Å². The molecule has 1 fully saturated rings. The van der Waals surface area contributed by atoms with Crippen molar-refractivity contribution in [3.63, 3.8) is 0 Å². The van der Waals surface area contributed by atoms with Crippen molar-refractivity contribution in [2.24, 2.45) is 7.05 Å². The quantitative estimate of drug-likeness (QED) is 0.884. The van der Waals surface area contributed by atoms with Crippen molar-refractivity contribution >= 4 is 22.8 Å². The summed E-state index contributed by atoms with van der Waals surface area (Å²) in [4.78, 5) is 15.8. The van der Waals surface area contributed by atoms with Gasteiger partial charge in [-0.2, -0.15) is 0 Å². The van der Waals surface area contributed by atoms with E-state index in [1.54, 1.807) is 0 Å². The smallest absolute Gasteiger partial charge is 0.411 e. The average Bonchev–Trinajstić information content (AvgIpc) is 3.15. The summed E-state index contributed by atoms with van der Waals surface area (Å²) in [5.41, 5.74) is 2.70. The van der Waals surface area contributed by atoms with Crippen LogP contribution in [-0.2, 0) is 11.8 Å². The summed E-state index contributed by atoms with van der Waals surface area (Å²) in [6, 6.07) is 5.70. The lowest BCUT2D eigenvalue weighted by Gasteiger charge is -2.03. The van der Waals surface area contributed by atoms with Gasteiger partial charge in [0.05, 0.1) is 18.1 Å². The molecule has 1 amide bonds. The number of hydrogen-bond acceptors (Lipinski definition) is 3. The van der Waals surface area contributed by atoms with Gasteiger partial charge in [0, 0.05) is 18.7 Å². The van der Waals surface area contributed by atoms with Crippen molar-refractivity contribution in [3.05, 3.63) is 24.0 Å². The number of ether oxygens (including phenoxy) is 1. The minimum atomic E-state index is -0.465. The third-order valence-corrected chi connectivity index (χ3v) is 3.29. The number of rotatable bonds is 2. The molecule has 2 aromatic rings. The van der Waals surface area contributed by atoms with Crippen LogP contribution in [0.4, 0.5) is 10.5 Å². The van der Waals surface area contributed by atoms with Gasteiger partial charge in [-0.25, -0.2) is 9.78 Å². The summed E-state index contributed by atoms with van der Waals surface area (Å²) >= 11 is 0.